The zero-order valence-corrected chi connectivity index (χ0v) is 14.2. The minimum Gasteiger partial charge on any atom is -0.207 e. The van der Waals surface area contributed by atoms with E-state index < -0.39 is 10.0 Å². The Kier molecular flexibility index (Phi) is 6.50. The highest BCUT2D eigenvalue weighted by atomic mass is 79.9. The molecule has 0 aromatic heterocycles. The summed E-state index contributed by atoms with van der Waals surface area (Å²) in [5, 5.41) is 0.654. The maximum Gasteiger partial charge on any atom is 0.243 e. The molecule has 1 aromatic rings. The van der Waals surface area contributed by atoms with Gasteiger partial charge in [-0.15, -0.1) is 0 Å². The van der Waals surface area contributed by atoms with Crippen LogP contribution in [0.4, 0.5) is 0 Å². The fourth-order valence-electron chi connectivity index (χ4n) is 1.91. The van der Waals surface area contributed by atoms with E-state index >= 15 is 0 Å². The van der Waals surface area contributed by atoms with E-state index in [4.69, 9.17) is 0 Å². The SMILES string of the molecule is CCCCN(CCBr)S(=O)(=O)c1cc(C)ccc1C. The molecule has 0 radical (unpaired) electrons. The van der Waals surface area contributed by atoms with Crippen molar-refractivity contribution < 1.29 is 8.42 Å². The van der Waals surface area contributed by atoms with Gasteiger partial charge in [-0.25, -0.2) is 8.42 Å². The standard InChI is InChI=1S/C14H22BrNO2S/c1-4-5-9-16(10-8-15)19(17,18)14-11-12(2)6-7-13(14)3/h6-7,11H,4-5,8-10H2,1-3H3. The molecule has 0 fully saturated rings. The first kappa shape index (κ1) is 16.7. The Labute approximate surface area is 125 Å². The van der Waals surface area contributed by atoms with E-state index in [2.05, 4.69) is 22.9 Å². The first-order valence-corrected chi connectivity index (χ1v) is 9.13. The molecule has 0 aliphatic carbocycles. The molecule has 0 bridgehead atoms. The Morgan fingerprint density at radius 3 is 2.47 bits per heavy atom. The van der Waals surface area contributed by atoms with Gasteiger partial charge in [0.25, 0.3) is 0 Å². The van der Waals surface area contributed by atoms with Crippen LogP contribution in [-0.4, -0.2) is 31.1 Å². The normalized spacial score (nSPS) is 12.1. The molecule has 19 heavy (non-hydrogen) atoms. The Balaban J connectivity index is 3.14. The number of benzene rings is 1. The lowest BCUT2D eigenvalue weighted by atomic mass is 10.2. The monoisotopic (exact) mass is 347 g/mol. The van der Waals surface area contributed by atoms with Crippen LogP contribution >= 0.6 is 15.9 Å². The second kappa shape index (κ2) is 7.41. The minimum atomic E-state index is -3.39. The molecule has 0 amide bonds. The van der Waals surface area contributed by atoms with E-state index in [9.17, 15) is 8.42 Å². The predicted molar refractivity (Wildman–Crippen MR) is 83.4 cm³/mol. The Morgan fingerprint density at radius 1 is 1.21 bits per heavy atom. The van der Waals surface area contributed by atoms with Crippen molar-refractivity contribution in [3.05, 3.63) is 29.3 Å². The molecule has 0 atom stereocenters. The van der Waals surface area contributed by atoms with Crippen LogP contribution in [0.3, 0.4) is 0 Å². The van der Waals surface area contributed by atoms with Gasteiger partial charge in [-0.05, 0) is 37.5 Å². The van der Waals surface area contributed by atoms with Gasteiger partial charge in [-0.3, -0.25) is 0 Å². The summed E-state index contributed by atoms with van der Waals surface area (Å²) >= 11 is 3.33. The molecule has 3 nitrogen and oxygen atoms in total. The maximum absolute atomic E-state index is 12.7. The second-order valence-corrected chi connectivity index (χ2v) is 7.41. The summed E-state index contributed by atoms with van der Waals surface area (Å²) in [6.07, 6.45) is 1.87. The molecule has 5 heteroatoms. The van der Waals surface area contributed by atoms with Gasteiger partial charge >= 0.3 is 0 Å². The molecule has 1 rings (SSSR count). The topological polar surface area (TPSA) is 37.4 Å². The van der Waals surface area contributed by atoms with Crippen molar-refractivity contribution in [2.75, 3.05) is 18.4 Å². The van der Waals surface area contributed by atoms with E-state index in [1.807, 2.05) is 26.0 Å². The first-order valence-electron chi connectivity index (χ1n) is 6.56. The molecule has 0 heterocycles. The highest BCUT2D eigenvalue weighted by molar-refractivity contribution is 9.09. The Bertz CT molecular complexity index is 514. The number of unbranched alkanes of at least 4 members (excludes halogenated alkanes) is 1. The fourth-order valence-corrected chi connectivity index (χ4v) is 4.36. The number of hydrogen-bond donors (Lipinski definition) is 0. The van der Waals surface area contributed by atoms with Crippen molar-refractivity contribution in [1.29, 1.82) is 0 Å². The van der Waals surface area contributed by atoms with Crippen molar-refractivity contribution in [3.63, 3.8) is 0 Å². The molecule has 108 valence electrons. The van der Waals surface area contributed by atoms with Crippen LogP contribution in [-0.2, 0) is 10.0 Å². The third-order valence-electron chi connectivity index (χ3n) is 3.06. The van der Waals surface area contributed by atoms with Crippen LogP contribution in [0.2, 0.25) is 0 Å². The lowest BCUT2D eigenvalue weighted by Crippen LogP contribution is -2.34. The molecule has 0 N–H and O–H groups in total. The van der Waals surface area contributed by atoms with Gasteiger partial charge in [0.1, 0.15) is 0 Å². The van der Waals surface area contributed by atoms with Gasteiger partial charge in [0.05, 0.1) is 4.90 Å². The van der Waals surface area contributed by atoms with Crippen molar-refractivity contribution in [1.82, 2.24) is 4.31 Å². The Hall–Kier alpha value is -0.390. The largest absolute Gasteiger partial charge is 0.243 e. The zero-order valence-electron chi connectivity index (χ0n) is 11.8. The third kappa shape index (κ3) is 4.29. The van der Waals surface area contributed by atoms with Crippen LogP contribution in [0.25, 0.3) is 0 Å². The van der Waals surface area contributed by atoms with E-state index in [1.54, 1.807) is 10.4 Å². The molecule has 0 saturated heterocycles. The number of sulfonamides is 1. The van der Waals surface area contributed by atoms with E-state index in [0.717, 1.165) is 24.0 Å². The summed E-state index contributed by atoms with van der Waals surface area (Å²) in [4.78, 5) is 0.435. The zero-order chi connectivity index (χ0) is 14.5. The van der Waals surface area contributed by atoms with Crippen LogP contribution in [0.15, 0.2) is 23.1 Å². The lowest BCUT2D eigenvalue weighted by Gasteiger charge is -2.22. The summed E-state index contributed by atoms with van der Waals surface area (Å²) in [6.45, 7) is 6.92. The number of alkyl halides is 1. The summed E-state index contributed by atoms with van der Waals surface area (Å²) in [5.74, 6) is 0. The van der Waals surface area contributed by atoms with Crippen molar-refractivity contribution in [2.45, 2.75) is 38.5 Å². The summed E-state index contributed by atoms with van der Waals surface area (Å²) in [7, 11) is -3.39. The minimum absolute atomic E-state index is 0.435. The first-order chi connectivity index (χ1) is 8.93. The Morgan fingerprint density at radius 2 is 1.89 bits per heavy atom. The number of rotatable bonds is 7. The molecule has 0 aliphatic rings. The van der Waals surface area contributed by atoms with E-state index in [-0.39, 0.29) is 0 Å². The predicted octanol–water partition coefficient (Wildman–Crippen LogP) is 3.49. The molecular formula is C14H22BrNO2S. The highest BCUT2D eigenvalue weighted by Gasteiger charge is 2.25. The van der Waals surface area contributed by atoms with E-state index in [1.165, 1.54) is 0 Å². The molecular weight excluding hydrogens is 326 g/mol. The highest BCUT2D eigenvalue weighted by Crippen LogP contribution is 2.21. The number of aryl methyl sites for hydroxylation is 2. The van der Waals surface area contributed by atoms with E-state index in [0.29, 0.717) is 23.3 Å². The van der Waals surface area contributed by atoms with Gasteiger partial charge in [-0.1, -0.05) is 41.4 Å². The maximum atomic E-state index is 12.7. The fraction of sp³-hybridized carbons (Fsp3) is 0.571. The number of nitrogens with zero attached hydrogens (tertiary/aromatic N) is 1. The van der Waals surface area contributed by atoms with Crippen LogP contribution in [0.1, 0.15) is 30.9 Å². The second-order valence-electron chi connectivity index (χ2n) is 4.72. The van der Waals surface area contributed by atoms with Gasteiger partial charge in [0.2, 0.25) is 10.0 Å². The smallest absolute Gasteiger partial charge is 0.207 e. The van der Waals surface area contributed by atoms with Gasteiger partial charge in [0, 0.05) is 18.4 Å². The van der Waals surface area contributed by atoms with Crippen LogP contribution in [0, 0.1) is 13.8 Å². The van der Waals surface area contributed by atoms with Crippen molar-refractivity contribution in [2.24, 2.45) is 0 Å². The molecule has 1 aromatic carbocycles. The van der Waals surface area contributed by atoms with Crippen molar-refractivity contribution >= 4 is 26.0 Å². The summed E-state index contributed by atoms with van der Waals surface area (Å²) in [5.41, 5.74) is 1.78. The third-order valence-corrected chi connectivity index (χ3v) is 5.45. The average molecular weight is 348 g/mol. The van der Waals surface area contributed by atoms with Crippen molar-refractivity contribution in [3.8, 4) is 0 Å². The molecule has 0 aliphatic heterocycles. The lowest BCUT2D eigenvalue weighted by molar-refractivity contribution is 0.421. The summed E-state index contributed by atoms with van der Waals surface area (Å²) < 4.78 is 27.0. The molecule has 0 saturated carbocycles. The number of halogens is 1. The van der Waals surface area contributed by atoms with Crippen LogP contribution in [0.5, 0.6) is 0 Å². The molecule has 0 unspecified atom stereocenters. The van der Waals surface area contributed by atoms with Gasteiger partial charge in [-0.2, -0.15) is 4.31 Å². The molecule has 0 spiro atoms. The van der Waals surface area contributed by atoms with Gasteiger partial charge < -0.3 is 0 Å². The van der Waals surface area contributed by atoms with Gasteiger partial charge in [0.15, 0.2) is 0 Å². The van der Waals surface area contributed by atoms with Crippen LogP contribution < -0.4 is 0 Å². The average Bonchev–Trinajstić information content (AvgIpc) is 2.37. The summed E-state index contributed by atoms with van der Waals surface area (Å²) in [6, 6.07) is 5.57. The number of hydrogen-bond acceptors (Lipinski definition) is 2. The quantitative estimate of drug-likeness (QED) is 0.708.